The SMILES string of the molecule is COc1ccc(NC(=O)N2CCC(=Cc3cccc(OCCc4ccsc4)c3)CC2)cn1. The molecule has 7 heteroatoms. The van der Waals surface area contributed by atoms with Crippen LogP contribution in [0.15, 0.2) is 65.0 Å². The molecule has 3 aromatic rings. The minimum absolute atomic E-state index is 0.1000. The molecule has 1 aromatic carbocycles. The summed E-state index contributed by atoms with van der Waals surface area (Å²) >= 11 is 1.71. The smallest absolute Gasteiger partial charge is 0.321 e. The number of methoxy groups -OCH3 is 1. The highest BCUT2D eigenvalue weighted by Gasteiger charge is 2.19. The molecule has 1 aliphatic rings. The number of hydrogen-bond acceptors (Lipinski definition) is 5. The van der Waals surface area contributed by atoms with Crippen molar-refractivity contribution in [3.05, 3.63) is 76.1 Å². The second-order valence-corrected chi connectivity index (χ2v) is 8.39. The van der Waals surface area contributed by atoms with Gasteiger partial charge in [0.2, 0.25) is 5.88 Å². The fourth-order valence-electron chi connectivity index (χ4n) is 3.57. The third-order valence-electron chi connectivity index (χ3n) is 5.36. The Hall–Kier alpha value is -3.32. The van der Waals surface area contributed by atoms with Crippen molar-refractivity contribution in [1.29, 1.82) is 0 Å². The Morgan fingerprint density at radius 3 is 2.81 bits per heavy atom. The number of aromatic nitrogens is 1. The number of urea groups is 1. The number of nitrogens with zero attached hydrogens (tertiary/aromatic N) is 2. The van der Waals surface area contributed by atoms with Gasteiger partial charge in [-0.05, 0) is 59.0 Å². The van der Waals surface area contributed by atoms with Gasteiger partial charge >= 0.3 is 6.03 Å². The first kappa shape index (κ1) is 21.9. The van der Waals surface area contributed by atoms with E-state index < -0.39 is 0 Å². The summed E-state index contributed by atoms with van der Waals surface area (Å²) < 4.78 is 11.0. The Morgan fingerprint density at radius 2 is 2.09 bits per heavy atom. The van der Waals surface area contributed by atoms with Crippen LogP contribution in [0.1, 0.15) is 24.0 Å². The number of anilines is 1. The van der Waals surface area contributed by atoms with Crippen molar-refractivity contribution in [2.75, 3.05) is 32.1 Å². The number of ether oxygens (including phenoxy) is 2. The van der Waals surface area contributed by atoms with Crippen LogP contribution in [-0.2, 0) is 6.42 Å². The summed E-state index contributed by atoms with van der Waals surface area (Å²) in [6.45, 7) is 2.06. The number of hydrogen-bond donors (Lipinski definition) is 1. The van der Waals surface area contributed by atoms with Gasteiger partial charge in [0.15, 0.2) is 0 Å². The molecule has 1 saturated heterocycles. The zero-order valence-electron chi connectivity index (χ0n) is 18.1. The summed E-state index contributed by atoms with van der Waals surface area (Å²) in [5.74, 6) is 1.41. The number of pyridine rings is 1. The van der Waals surface area contributed by atoms with E-state index in [2.05, 4.69) is 45.3 Å². The predicted molar refractivity (Wildman–Crippen MR) is 129 cm³/mol. The highest BCUT2D eigenvalue weighted by atomic mass is 32.1. The molecule has 0 radical (unpaired) electrons. The van der Waals surface area contributed by atoms with Crippen molar-refractivity contribution in [3.63, 3.8) is 0 Å². The number of nitrogens with one attached hydrogen (secondary N) is 1. The van der Waals surface area contributed by atoms with Crippen molar-refractivity contribution < 1.29 is 14.3 Å². The zero-order chi connectivity index (χ0) is 22.2. The van der Waals surface area contributed by atoms with E-state index in [-0.39, 0.29) is 6.03 Å². The topological polar surface area (TPSA) is 63.7 Å². The van der Waals surface area contributed by atoms with Gasteiger partial charge in [-0.1, -0.05) is 23.8 Å². The van der Waals surface area contributed by atoms with Crippen molar-refractivity contribution in [2.45, 2.75) is 19.3 Å². The number of carbonyl (C=O) groups excluding carboxylic acids is 1. The standard InChI is InChI=1S/C25H27N3O3S/c1-30-24-6-5-22(17-26-24)27-25(29)28-11-7-19(8-12-28)15-21-3-2-4-23(16-21)31-13-9-20-10-14-32-18-20/h2-6,10,14-18H,7-9,11-13H2,1H3,(H,27,29). The van der Waals surface area contributed by atoms with Crippen LogP contribution in [0.5, 0.6) is 11.6 Å². The lowest BCUT2D eigenvalue weighted by Gasteiger charge is -2.28. The second-order valence-electron chi connectivity index (χ2n) is 7.61. The summed E-state index contributed by atoms with van der Waals surface area (Å²) in [7, 11) is 1.56. The minimum Gasteiger partial charge on any atom is -0.493 e. The average molecular weight is 450 g/mol. The molecule has 0 saturated carbocycles. The van der Waals surface area contributed by atoms with Gasteiger partial charge in [0.05, 0.1) is 25.6 Å². The number of amides is 2. The largest absolute Gasteiger partial charge is 0.493 e. The Bertz CT molecular complexity index is 1040. The molecule has 0 aliphatic carbocycles. The first-order valence-corrected chi connectivity index (χ1v) is 11.6. The maximum atomic E-state index is 12.5. The summed E-state index contributed by atoms with van der Waals surface area (Å²) in [5.41, 5.74) is 4.45. The molecule has 166 valence electrons. The lowest BCUT2D eigenvalue weighted by molar-refractivity contribution is 0.208. The molecule has 0 unspecified atom stereocenters. The third-order valence-corrected chi connectivity index (χ3v) is 6.09. The van der Waals surface area contributed by atoms with Gasteiger partial charge in [-0.25, -0.2) is 9.78 Å². The van der Waals surface area contributed by atoms with Gasteiger partial charge in [0.1, 0.15) is 5.75 Å². The molecule has 1 aliphatic heterocycles. The van der Waals surface area contributed by atoms with E-state index in [1.165, 1.54) is 11.1 Å². The highest BCUT2D eigenvalue weighted by molar-refractivity contribution is 7.07. The molecule has 2 aromatic heterocycles. The fourth-order valence-corrected chi connectivity index (χ4v) is 4.27. The normalized spacial score (nSPS) is 13.5. The second kappa shape index (κ2) is 10.8. The molecule has 3 heterocycles. The summed E-state index contributed by atoms with van der Waals surface area (Å²) in [6.07, 6.45) is 6.45. The minimum atomic E-state index is -0.1000. The maximum absolute atomic E-state index is 12.5. The summed E-state index contributed by atoms with van der Waals surface area (Å²) in [4.78, 5) is 18.5. The summed E-state index contributed by atoms with van der Waals surface area (Å²) in [5, 5.41) is 7.15. The summed E-state index contributed by atoms with van der Waals surface area (Å²) in [6, 6.07) is 13.7. The zero-order valence-corrected chi connectivity index (χ0v) is 18.9. The predicted octanol–water partition coefficient (Wildman–Crippen LogP) is 5.48. The molecule has 4 rings (SSSR count). The molecule has 32 heavy (non-hydrogen) atoms. The van der Waals surface area contributed by atoms with Gasteiger partial charge in [0.25, 0.3) is 0 Å². The van der Waals surface area contributed by atoms with Crippen LogP contribution >= 0.6 is 11.3 Å². The van der Waals surface area contributed by atoms with Crippen LogP contribution in [-0.4, -0.2) is 42.7 Å². The first-order valence-electron chi connectivity index (χ1n) is 10.7. The number of carbonyl (C=O) groups is 1. The molecule has 1 fully saturated rings. The van der Waals surface area contributed by atoms with E-state index in [1.807, 2.05) is 17.0 Å². The lowest BCUT2D eigenvalue weighted by Crippen LogP contribution is -2.39. The lowest BCUT2D eigenvalue weighted by atomic mass is 10.0. The number of thiophene rings is 1. The quantitative estimate of drug-likeness (QED) is 0.518. The Balaban J connectivity index is 1.26. The first-order chi connectivity index (χ1) is 15.7. The van der Waals surface area contributed by atoms with Crippen LogP contribution in [0.3, 0.4) is 0 Å². The van der Waals surface area contributed by atoms with E-state index in [0.29, 0.717) is 31.3 Å². The van der Waals surface area contributed by atoms with Crippen LogP contribution in [0.4, 0.5) is 10.5 Å². The van der Waals surface area contributed by atoms with E-state index in [9.17, 15) is 4.79 Å². The fraction of sp³-hybridized carbons (Fsp3) is 0.280. The van der Waals surface area contributed by atoms with Gasteiger partial charge in [-0.2, -0.15) is 11.3 Å². The molecule has 2 amide bonds. The van der Waals surface area contributed by atoms with Crippen LogP contribution < -0.4 is 14.8 Å². The Labute approximate surface area is 192 Å². The van der Waals surface area contributed by atoms with Gasteiger partial charge in [-0.3, -0.25) is 0 Å². The highest BCUT2D eigenvalue weighted by Crippen LogP contribution is 2.23. The van der Waals surface area contributed by atoms with Gasteiger partial charge < -0.3 is 19.7 Å². The van der Waals surface area contributed by atoms with E-state index in [1.54, 1.807) is 36.8 Å². The Morgan fingerprint density at radius 1 is 1.22 bits per heavy atom. The van der Waals surface area contributed by atoms with Gasteiger partial charge in [-0.15, -0.1) is 0 Å². The van der Waals surface area contributed by atoms with Crippen molar-refractivity contribution >= 4 is 29.1 Å². The number of piperidine rings is 1. The molecule has 6 nitrogen and oxygen atoms in total. The van der Waals surface area contributed by atoms with Gasteiger partial charge in [0, 0.05) is 25.6 Å². The maximum Gasteiger partial charge on any atom is 0.321 e. The van der Waals surface area contributed by atoms with Crippen molar-refractivity contribution in [1.82, 2.24) is 9.88 Å². The number of likely N-dealkylation sites (tertiary alicyclic amines) is 1. The molecule has 0 bridgehead atoms. The molecule has 0 atom stereocenters. The van der Waals surface area contributed by atoms with Crippen LogP contribution in [0, 0.1) is 0 Å². The molecule has 0 spiro atoms. The Kier molecular flexibility index (Phi) is 7.40. The van der Waals surface area contributed by atoms with E-state index in [0.717, 1.165) is 30.6 Å². The van der Waals surface area contributed by atoms with E-state index in [4.69, 9.17) is 9.47 Å². The molecular weight excluding hydrogens is 422 g/mol. The van der Waals surface area contributed by atoms with Crippen LogP contribution in [0.25, 0.3) is 6.08 Å². The monoisotopic (exact) mass is 449 g/mol. The number of benzene rings is 1. The van der Waals surface area contributed by atoms with Crippen molar-refractivity contribution in [2.24, 2.45) is 0 Å². The third kappa shape index (κ3) is 6.11. The number of rotatable bonds is 7. The molecular formula is C25H27N3O3S. The van der Waals surface area contributed by atoms with Crippen LogP contribution in [0.2, 0.25) is 0 Å². The van der Waals surface area contributed by atoms with E-state index >= 15 is 0 Å². The molecule has 1 N–H and O–H groups in total. The van der Waals surface area contributed by atoms with Crippen molar-refractivity contribution in [3.8, 4) is 11.6 Å². The average Bonchev–Trinajstić information content (AvgIpc) is 3.34.